The van der Waals surface area contributed by atoms with Gasteiger partial charge < -0.3 is 15.4 Å². The molecule has 0 amide bonds. The van der Waals surface area contributed by atoms with Crippen molar-refractivity contribution in [3.63, 3.8) is 0 Å². The number of fused-ring (bicyclic) bond motifs is 1. The van der Waals surface area contributed by atoms with Gasteiger partial charge in [-0.1, -0.05) is 0 Å². The van der Waals surface area contributed by atoms with Crippen molar-refractivity contribution in [1.82, 2.24) is 9.55 Å². The molecule has 0 aliphatic carbocycles. The van der Waals surface area contributed by atoms with Crippen LogP contribution in [0.3, 0.4) is 0 Å². The molecule has 0 aromatic carbocycles. The Morgan fingerprint density at radius 3 is 3.06 bits per heavy atom. The molecule has 1 aromatic heterocycles. The molecule has 16 heavy (non-hydrogen) atoms. The van der Waals surface area contributed by atoms with Gasteiger partial charge in [-0.15, -0.1) is 0 Å². The Morgan fingerprint density at radius 2 is 2.38 bits per heavy atom. The highest BCUT2D eigenvalue weighted by Gasteiger charge is 2.23. The topological polar surface area (TPSA) is 81.1 Å². The fourth-order valence-electron chi connectivity index (χ4n) is 2.39. The van der Waals surface area contributed by atoms with Crippen molar-refractivity contribution >= 4 is 5.97 Å². The fraction of sp³-hybridized carbons (Fsp3) is 0.636. The smallest absolute Gasteiger partial charge is 0.305 e. The minimum atomic E-state index is -0.863. The Kier molecular flexibility index (Phi) is 2.96. The van der Waals surface area contributed by atoms with Crippen molar-refractivity contribution in [2.24, 2.45) is 5.73 Å². The number of aliphatic carboxylic acids is 1. The summed E-state index contributed by atoms with van der Waals surface area (Å²) in [5, 5.41) is 8.77. The Bertz CT molecular complexity index is 412. The lowest BCUT2D eigenvalue weighted by Gasteiger charge is -2.19. The highest BCUT2D eigenvalue weighted by molar-refractivity contribution is 5.67. The first-order valence-corrected chi connectivity index (χ1v) is 5.63. The number of carbonyl (C=O) groups is 1. The number of carboxylic acids is 1. The van der Waals surface area contributed by atoms with Crippen molar-refractivity contribution in [3.8, 4) is 0 Å². The first-order valence-electron chi connectivity index (χ1n) is 5.63. The summed E-state index contributed by atoms with van der Waals surface area (Å²) in [6.45, 7) is 2.82. The van der Waals surface area contributed by atoms with Crippen molar-refractivity contribution in [2.75, 3.05) is 0 Å². The lowest BCUT2D eigenvalue weighted by atomic mass is 10.1. The number of nitrogens with zero attached hydrogens (tertiary/aromatic N) is 2. The van der Waals surface area contributed by atoms with Crippen LogP contribution < -0.4 is 5.73 Å². The summed E-state index contributed by atoms with van der Waals surface area (Å²) >= 11 is 0. The van der Waals surface area contributed by atoms with E-state index in [1.54, 1.807) is 0 Å². The summed E-state index contributed by atoms with van der Waals surface area (Å²) in [5.74, 6) is 0.192. The first-order chi connectivity index (χ1) is 7.59. The lowest BCUT2D eigenvalue weighted by molar-refractivity contribution is -0.137. The number of imidazole rings is 1. The number of aryl methyl sites for hydroxylation is 2. The molecule has 5 heteroatoms. The molecule has 88 valence electrons. The summed E-state index contributed by atoms with van der Waals surface area (Å²) in [6, 6.07) is -0.447. The van der Waals surface area contributed by atoms with Crippen LogP contribution in [0, 0.1) is 6.92 Å². The van der Waals surface area contributed by atoms with E-state index in [1.807, 2.05) is 6.92 Å². The zero-order valence-electron chi connectivity index (χ0n) is 9.44. The summed E-state index contributed by atoms with van der Waals surface area (Å²) in [4.78, 5) is 15.1. The molecule has 0 saturated heterocycles. The Labute approximate surface area is 94.3 Å². The molecule has 1 aromatic rings. The third-order valence-electron chi connectivity index (χ3n) is 3.05. The monoisotopic (exact) mass is 223 g/mol. The van der Waals surface area contributed by atoms with Crippen molar-refractivity contribution in [1.29, 1.82) is 0 Å². The molecule has 0 fully saturated rings. The van der Waals surface area contributed by atoms with Crippen LogP contribution in [0.2, 0.25) is 0 Å². The van der Waals surface area contributed by atoms with Gasteiger partial charge in [0.25, 0.3) is 0 Å². The van der Waals surface area contributed by atoms with E-state index >= 15 is 0 Å². The van der Waals surface area contributed by atoms with Gasteiger partial charge in [-0.2, -0.15) is 0 Å². The van der Waals surface area contributed by atoms with Crippen LogP contribution in [0.4, 0.5) is 0 Å². The molecule has 0 bridgehead atoms. The average molecular weight is 223 g/mol. The molecule has 0 saturated carbocycles. The second-order valence-corrected chi connectivity index (χ2v) is 4.31. The quantitative estimate of drug-likeness (QED) is 0.801. The third-order valence-corrected chi connectivity index (χ3v) is 3.05. The molecule has 2 rings (SSSR count). The van der Waals surface area contributed by atoms with Crippen LogP contribution in [0.5, 0.6) is 0 Å². The first kappa shape index (κ1) is 11.1. The second-order valence-electron chi connectivity index (χ2n) is 4.31. The molecule has 5 nitrogen and oxygen atoms in total. The van der Waals surface area contributed by atoms with E-state index in [1.165, 1.54) is 0 Å². The Hall–Kier alpha value is -1.36. The fourth-order valence-corrected chi connectivity index (χ4v) is 2.39. The standard InChI is InChI=1S/C11H17N3O2/c1-7-11(8(12)6-10(15)16)14-5-3-2-4-9(14)13-7/h8H,2-6,12H2,1H3,(H,15,16). The summed E-state index contributed by atoms with van der Waals surface area (Å²) in [7, 11) is 0. The van der Waals surface area contributed by atoms with Gasteiger partial charge in [-0.3, -0.25) is 4.79 Å². The molecule has 1 aliphatic rings. The van der Waals surface area contributed by atoms with Crippen molar-refractivity contribution in [3.05, 3.63) is 17.2 Å². The highest BCUT2D eigenvalue weighted by Crippen LogP contribution is 2.24. The van der Waals surface area contributed by atoms with Gasteiger partial charge in [-0.25, -0.2) is 4.98 Å². The molecule has 2 heterocycles. The molecule has 0 spiro atoms. The lowest BCUT2D eigenvalue weighted by Crippen LogP contribution is -2.22. The van der Waals surface area contributed by atoms with Gasteiger partial charge in [0.1, 0.15) is 5.82 Å². The van der Waals surface area contributed by atoms with Crippen LogP contribution in [0.1, 0.15) is 42.5 Å². The normalized spacial score (nSPS) is 16.9. The maximum atomic E-state index is 10.7. The van der Waals surface area contributed by atoms with Crippen molar-refractivity contribution in [2.45, 2.75) is 45.2 Å². The molecule has 1 atom stereocenters. The number of hydrogen-bond acceptors (Lipinski definition) is 3. The van der Waals surface area contributed by atoms with Gasteiger partial charge in [0, 0.05) is 13.0 Å². The second kappa shape index (κ2) is 4.25. The molecule has 1 unspecified atom stereocenters. The number of hydrogen-bond donors (Lipinski definition) is 2. The van der Waals surface area contributed by atoms with Crippen molar-refractivity contribution < 1.29 is 9.90 Å². The van der Waals surface area contributed by atoms with E-state index in [4.69, 9.17) is 10.8 Å². The van der Waals surface area contributed by atoms with Gasteiger partial charge in [0.2, 0.25) is 0 Å². The third kappa shape index (κ3) is 1.95. The van der Waals surface area contributed by atoms with Gasteiger partial charge in [0.15, 0.2) is 0 Å². The van der Waals surface area contributed by atoms with Crippen LogP contribution in [-0.2, 0) is 17.8 Å². The van der Waals surface area contributed by atoms with E-state index in [2.05, 4.69) is 9.55 Å². The average Bonchev–Trinajstić information content (AvgIpc) is 2.52. The minimum Gasteiger partial charge on any atom is -0.481 e. The molecule has 3 N–H and O–H groups in total. The summed E-state index contributed by atoms with van der Waals surface area (Å²) < 4.78 is 2.10. The molecular weight excluding hydrogens is 206 g/mol. The molecular formula is C11H17N3O2. The number of aromatic nitrogens is 2. The van der Waals surface area contributed by atoms with E-state index in [9.17, 15) is 4.79 Å². The maximum Gasteiger partial charge on any atom is 0.305 e. The number of carboxylic acid groups (broad SMARTS) is 1. The minimum absolute atomic E-state index is 0.0357. The SMILES string of the molecule is Cc1nc2n(c1C(N)CC(=O)O)CCCC2. The van der Waals surface area contributed by atoms with Gasteiger partial charge in [0.05, 0.1) is 23.9 Å². The van der Waals surface area contributed by atoms with E-state index in [-0.39, 0.29) is 6.42 Å². The van der Waals surface area contributed by atoms with Crippen LogP contribution in [0.15, 0.2) is 0 Å². The largest absolute Gasteiger partial charge is 0.481 e. The molecule has 1 aliphatic heterocycles. The van der Waals surface area contributed by atoms with Crippen LogP contribution in [0.25, 0.3) is 0 Å². The Morgan fingerprint density at radius 1 is 1.62 bits per heavy atom. The summed E-state index contributed by atoms with van der Waals surface area (Å²) in [5.41, 5.74) is 7.70. The van der Waals surface area contributed by atoms with E-state index in [0.29, 0.717) is 0 Å². The van der Waals surface area contributed by atoms with Gasteiger partial charge >= 0.3 is 5.97 Å². The van der Waals surface area contributed by atoms with Gasteiger partial charge in [-0.05, 0) is 19.8 Å². The van der Waals surface area contributed by atoms with Crippen LogP contribution >= 0.6 is 0 Å². The van der Waals surface area contributed by atoms with E-state index < -0.39 is 12.0 Å². The predicted octanol–water partition coefficient (Wildman–Crippen LogP) is 1.00. The van der Waals surface area contributed by atoms with Crippen LogP contribution in [-0.4, -0.2) is 20.6 Å². The maximum absolute atomic E-state index is 10.7. The predicted molar refractivity (Wildman–Crippen MR) is 59.1 cm³/mol. The van der Waals surface area contributed by atoms with E-state index in [0.717, 1.165) is 43.0 Å². The highest BCUT2D eigenvalue weighted by atomic mass is 16.4. The number of rotatable bonds is 3. The zero-order chi connectivity index (χ0) is 11.7. The Balaban J connectivity index is 2.32. The number of nitrogens with two attached hydrogens (primary N) is 1. The zero-order valence-corrected chi connectivity index (χ0v) is 9.44. The molecule has 0 radical (unpaired) electrons. The summed E-state index contributed by atoms with van der Waals surface area (Å²) in [6.07, 6.45) is 3.21.